The molecule has 0 saturated heterocycles. The molecule has 1 heterocycles. The van der Waals surface area contributed by atoms with E-state index >= 15 is 0 Å². The maximum absolute atomic E-state index is 8.83. The molecule has 0 amide bonds. The zero-order valence-electron chi connectivity index (χ0n) is 8.70. The van der Waals surface area contributed by atoms with Crippen molar-refractivity contribution in [3.8, 4) is 6.07 Å². The second kappa shape index (κ2) is 3.25. The summed E-state index contributed by atoms with van der Waals surface area (Å²) in [6.45, 7) is 4.04. The molecule has 0 bridgehead atoms. The number of benzene rings is 1. The number of pyridine rings is 1. The van der Waals surface area contributed by atoms with E-state index in [1.165, 1.54) is 11.8 Å². The second-order valence-electron chi connectivity index (χ2n) is 3.60. The first-order valence-corrected chi connectivity index (χ1v) is 4.69. The summed E-state index contributed by atoms with van der Waals surface area (Å²) in [7, 11) is 0. The van der Waals surface area contributed by atoms with Crippen molar-refractivity contribution >= 4 is 16.6 Å². The van der Waals surface area contributed by atoms with Crippen LogP contribution in [0.25, 0.3) is 10.9 Å². The molecule has 0 radical (unpaired) electrons. The van der Waals surface area contributed by atoms with E-state index in [9.17, 15) is 0 Å². The number of nitrogens with zero attached hydrogens (tertiary/aromatic N) is 2. The third-order valence-corrected chi connectivity index (χ3v) is 2.73. The number of hydrogen-bond donors (Lipinski definition) is 1. The van der Waals surface area contributed by atoms with Gasteiger partial charge in [0.15, 0.2) is 0 Å². The predicted octanol–water partition coefficient (Wildman–Crippen LogP) is 2.31. The van der Waals surface area contributed by atoms with Crippen LogP contribution in [0.2, 0.25) is 0 Å². The fourth-order valence-corrected chi connectivity index (χ4v) is 1.62. The Morgan fingerprint density at radius 3 is 2.73 bits per heavy atom. The van der Waals surface area contributed by atoms with Gasteiger partial charge in [-0.3, -0.25) is 4.98 Å². The van der Waals surface area contributed by atoms with E-state index in [2.05, 4.69) is 4.98 Å². The highest BCUT2D eigenvalue weighted by atomic mass is 14.7. The minimum atomic E-state index is 0.436. The van der Waals surface area contributed by atoms with Crippen molar-refractivity contribution in [2.45, 2.75) is 13.8 Å². The maximum Gasteiger partial charge on any atom is 0.103 e. The van der Waals surface area contributed by atoms with Crippen LogP contribution in [-0.2, 0) is 0 Å². The van der Waals surface area contributed by atoms with Gasteiger partial charge >= 0.3 is 0 Å². The maximum atomic E-state index is 8.83. The van der Waals surface area contributed by atoms with E-state index in [1.807, 2.05) is 32.0 Å². The molecule has 0 atom stereocenters. The van der Waals surface area contributed by atoms with Crippen LogP contribution in [0.1, 0.15) is 16.7 Å². The Balaban J connectivity index is 2.93. The number of rotatable bonds is 0. The van der Waals surface area contributed by atoms with Gasteiger partial charge in [0, 0.05) is 11.6 Å². The van der Waals surface area contributed by atoms with E-state index in [0.29, 0.717) is 11.3 Å². The average Bonchev–Trinajstić information content (AvgIpc) is 2.24. The van der Waals surface area contributed by atoms with E-state index in [0.717, 1.165) is 16.5 Å². The molecule has 0 unspecified atom stereocenters. The molecule has 0 aliphatic carbocycles. The van der Waals surface area contributed by atoms with E-state index in [4.69, 9.17) is 11.0 Å². The first kappa shape index (κ1) is 9.47. The van der Waals surface area contributed by atoms with Crippen molar-refractivity contribution in [3.05, 3.63) is 35.0 Å². The van der Waals surface area contributed by atoms with E-state index in [1.54, 1.807) is 0 Å². The molecule has 0 saturated carbocycles. The Morgan fingerprint density at radius 2 is 2.07 bits per heavy atom. The summed E-state index contributed by atoms with van der Waals surface area (Å²) in [6.07, 6.45) is 1.53. The van der Waals surface area contributed by atoms with E-state index in [-0.39, 0.29) is 0 Å². The number of nitrogen functional groups attached to an aromatic ring is 1. The lowest BCUT2D eigenvalue weighted by Gasteiger charge is -2.07. The zero-order chi connectivity index (χ0) is 11.0. The van der Waals surface area contributed by atoms with Gasteiger partial charge in [-0.1, -0.05) is 12.1 Å². The molecule has 3 nitrogen and oxygen atoms in total. The van der Waals surface area contributed by atoms with Crippen LogP contribution in [0, 0.1) is 25.2 Å². The molecule has 1 aromatic carbocycles. The lowest BCUT2D eigenvalue weighted by atomic mass is 10.0. The molecule has 0 aliphatic rings. The summed E-state index contributed by atoms with van der Waals surface area (Å²) < 4.78 is 0. The molecule has 0 fully saturated rings. The Hall–Kier alpha value is -2.08. The Morgan fingerprint density at radius 1 is 1.33 bits per heavy atom. The summed E-state index contributed by atoms with van der Waals surface area (Å²) >= 11 is 0. The third-order valence-electron chi connectivity index (χ3n) is 2.73. The monoisotopic (exact) mass is 197 g/mol. The molecule has 3 heteroatoms. The van der Waals surface area contributed by atoms with Gasteiger partial charge in [-0.05, 0) is 25.0 Å². The Labute approximate surface area is 88.2 Å². The number of nitriles is 1. The standard InChI is InChI=1S/C12H11N3/c1-7-3-4-10-11(14)9(5-13)6-15-12(10)8(7)2/h3-4,6H,1-2H3,(H2,14,15). The van der Waals surface area contributed by atoms with Gasteiger partial charge in [0.25, 0.3) is 0 Å². The minimum Gasteiger partial charge on any atom is -0.397 e. The molecular formula is C12H11N3. The molecular weight excluding hydrogens is 186 g/mol. The van der Waals surface area contributed by atoms with Gasteiger partial charge in [0.2, 0.25) is 0 Å². The summed E-state index contributed by atoms with van der Waals surface area (Å²) in [5, 5.41) is 9.69. The van der Waals surface area contributed by atoms with Crippen molar-refractivity contribution in [1.82, 2.24) is 4.98 Å². The van der Waals surface area contributed by atoms with Gasteiger partial charge in [-0.15, -0.1) is 0 Å². The predicted molar refractivity (Wildman–Crippen MR) is 60.3 cm³/mol. The van der Waals surface area contributed by atoms with Gasteiger partial charge in [-0.2, -0.15) is 5.26 Å². The largest absolute Gasteiger partial charge is 0.397 e. The van der Waals surface area contributed by atoms with Crippen LogP contribution >= 0.6 is 0 Å². The Kier molecular flexibility index (Phi) is 2.05. The topological polar surface area (TPSA) is 62.7 Å². The summed E-state index contributed by atoms with van der Waals surface area (Å²) in [4.78, 5) is 4.27. The summed E-state index contributed by atoms with van der Waals surface area (Å²) in [5.41, 5.74) is 10.0. The lowest BCUT2D eigenvalue weighted by Crippen LogP contribution is -1.96. The van der Waals surface area contributed by atoms with Crippen LogP contribution in [0.5, 0.6) is 0 Å². The number of anilines is 1. The highest BCUT2D eigenvalue weighted by Crippen LogP contribution is 2.26. The van der Waals surface area contributed by atoms with Gasteiger partial charge < -0.3 is 5.73 Å². The van der Waals surface area contributed by atoms with Gasteiger partial charge in [-0.25, -0.2) is 0 Å². The smallest absolute Gasteiger partial charge is 0.103 e. The second-order valence-corrected chi connectivity index (χ2v) is 3.60. The quantitative estimate of drug-likeness (QED) is 0.704. The van der Waals surface area contributed by atoms with Gasteiger partial charge in [0.05, 0.1) is 16.8 Å². The highest BCUT2D eigenvalue weighted by Gasteiger charge is 2.07. The highest BCUT2D eigenvalue weighted by molar-refractivity contribution is 5.94. The number of aromatic nitrogens is 1. The molecule has 2 aromatic rings. The number of nitrogens with two attached hydrogens (primary N) is 1. The molecule has 0 spiro atoms. The van der Waals surface area contributed by atoms with Crippen molar-refractivity contribution < 1.29 is 0 Å². The first-order chi connectivity index (χ1) is 7.15. The number of hydrogen-bond acceptors (Lipinski definition) is 3. The van der Waals surface area contributed by atoms with Crippen LogP contribution < -0.4 is 5.73 Å². The third kappa shape index (κ3) is 1.31. The SMILES string of the molecule is Cc1ccc2c(N)c(C#N)cnc2c1C. The summed E-state index contributed by atoms with van der Waals surface area (Å²) in [5.74, 6) is 0. The van der Waals surface area contributed by atoms with E-state index < -0.39 is 0 Å². The lowest BCUT2D eigenvalue weighted by molar-refractivity contribution is 1.30. The summed E-state index contributed by atoms with van der Waals surface area (Å²) in [6, 6.07) is 5.95. The number of aryl methyl sites for hydroxylation is 2. The fraction of sp³-hybridized carbons (Fsp3) is 0.167. The van der Waals surface area contributed by atoms with Crippen LogP contribution in [0.4, 0.5) is 5.69 Å². The van der Waals surface area contributed by atoms with Crippen LogP contribution in [-0.4, -0.2) is 4.98 Å². The van der Waals surface area contributed by atoms with Crippen molar-refractivity contribution in [2.75, 3.05) is 5.73 Å². The Bertz CT molecular complexity index is 579. The molecule has 2 N–H and O–H groups in total. The van der Waals surface area contributed by atoms with Crippen molar-refractivity contribution in [1.29, 1.82) is 5.26 Å². The van der Waals surface area contributed by atoms with Crippen molar-refractivity contribution in [2.24, 2.45) is 0 Å². The average molecular weight is 197 g/mol. The van der Waals surface area contributed by atoms with Gasteiger partial charge in [0.1, 0.15) is 6.07 Å². The van der Waals surface area contributed by atoms with Crippen molar-refractivity contribution in [3.63, 3.8) is 0 Å². The van der Waals surface area contributed by atoms with Crippen LogP contribution in [0.15, 0.2) is 18.3 Å². The normalized spacial score (nSPS) is 10.2. The number of fused-ring (bicyclic) bond motifs is 1. The molecule has 2 rings (SSSR count). The molecule has 0 aliphatic heterocycles. The fourth-order valence-electron chi connectivity index (χ4n) is 1.62. The molecule has 15 heavy (non-hydrogen) atoms. The minimum absolute atomic E-state index is 0.436. The molecule has 1 aromatic heterocycles. The van der Waals surface area contributed by atoms with Crippen LogP contribution in [0.3, 0.4) is 0 Å². The zero-order valence-corrected chi connectivity index (χ0v) is 8.70. The first-order valence-electron chi connectivity index (χ1n) is 4.69. The molecule has 74 valence electrons.